The molecule has 0 spiro atoms. The van der Waals surface area contributed by atoms with E-state index in [0.29, 0.717) is 12.1 Å². The summed E-state index contributed by atoms with van der Waals surface area (Å²) in [7, 11) is -4.41. The number of anilines is 1. The van der Waals surface area contributed by atoms with Crippen molar-refractivity contribution < 1.29 is 34.8 Å². The van der Waals surface area contributed by atoms with Crippen LogP contribution in [-0.4, -0.2) is 8.42 Å². The molecule has 3 aromatic rings. The third-order valence-corrected chi connectivity index (χ3v) is 5.95. The molecule has 3 rings (SSSR count). The summed E-state index contributed by atoms with van der Waals surface area (Å²) >= 11 is 5.80. The molecular weight excluding hydrogens is 468 g/mol. The van der Waals surface area contributed by atoms with E-state index in [1.54, 1.807) is 0 Å². The van der Waals surface area contributed by atoms with Crippen molar-refractivity contribution >= 4 is 27.3 Å². The summed E-state index contributed by atoms with van der Waals surface area (Å²) in [6, 6.07) is 11.5. The molecule has 0 atom stereocenters. The fraction of sp³-hybridized carbons (Fsp3) is 0.100. The van der Waals surface area contributed by atoms with Gasteiger partial charge in [0.25, 0.3) is 10.0 Å². The number of alkyl halides is 6. The number of sulfonamides is 1. The van der Waals surface area contributed by atoms with Crippen molar-refractivity contribution in [1.29, 1.82) is 0 Å². The smallest absolute Gasteiger partial charge is 0.278 e. The molecule has 164 valence electrons. The molecule has 0 radical (unpaired) electrons. The van der Waals surface area contributed by atoms with E-state index in [1.165, 1.54) is 24.3 Å². The van der Waals surface area contributed by atoms with Gasteiger partial charge in [-0.3, -0.25) is 4.72 Å². The molecule has 3 nitrogen and oxygen atoms in total. The highest BCUT2D eigenvalue weighted by molar-refractivity contribution is 7.92. The molecular formula is C20H12ClF6NO2S. The molecule has 0 heterocycles. The maximum atomic E-state index is 13.0. The van der Waals surface area contributed by atoms with Gasteiger partial charge in [-0.05, 0) is 42.0 Å². The zero-order valence-corrected chi connectivity index (χ0v) is 16.8. The van der Waals surface area contributed by atoms with Crippen molar-refractivity contribution in [2.75, 3.05) is 4.72 Å². The maximum Gasteiger partial charge on any atom is 0.416 e. The van der Waals surface area contributed by atoms with Crippen LogP contribution in [0.5, 0.6) is 0 Å². The Hall–Kier alpha value is -2.72. The van der Waals surface area contributed by atoms with E-state index in [2.05, 4.69) is 4.72 Å². The van der Waals surface area contributed by atoms with Gasteiger partial charge in [0.15, 0.2) is 0 Å². The van der Waals surface area contributed by atoms with Crippen LogP contribution in [0.3, 0.4) is 0 Å². The predicted molar refractivity (Wildman–Crippen MR) is 104 cm³/mol. The van der Waals surface area contributed by atoms with Crippen molar-refractivity contribution in [3.63, 3.8) is 0 Å². The highest BCUT2D eigenvalue weighted by atomic mass is 35.5. The van der Waals surface area contributed by atoms with Crippen LogP contribution in [-0.2, 0) is 22.4 Å². The van der Waals surface area contributed by atoms with E-state index in [9.17, 15) is 34.8 Å². The van der Waals surface area contributed by atoms with Gasteiger partial charge < -0.3 is 0 Å². The first-order chi connectivity index (χ1) is 14.3. The van der Waals surface area contributed by atoms with E-state index >= 15 is 0 Å². The number of hydrogen-bond donors (Lipinski definition) is 1. The molecule has 31 heavy (non-hydrogen) atoms. The zero-order valence-electron chi connectivity index (χ0n) is 15.2. The molecule has 11 heteroatoms. The molecule has 0 aromatic heterocycles. The van der Waals surface area contributed by atoms with Gasteiger partial charge in [0.2, 0.25) is 0 Å². The standard InChI is InChI=1S/C20H12ClF6NO2S/c21-16-11-14(20(25,26)27)8-9-17(16)28-31(29,30)18-7-2-1-6-15(18)12-4-3-5-13(10-12)19(22,23)24/h1-11,28H. The monoisotopic (exact) mass is 479 g/mol. The summed E-state index contributed by atoms with van der Waals surface area (Å²) in [6.45, 7) is 0. The molecule has 3 aromatic carbocycles. The Labute approximate surface area is 178 Å². The topological polar surface area (TPSA) is 46.2 Å². The quantitative estimate of drug-likeness (QED) is 0.416. The minimum absolute atomic E-state index is 0.00526. The highest BCUT2D eigenvalue weighted by Gasteiger charge is 2.32. The van der Waals surface area contributed by atoms with E-state index in [-0.39, 0.29) is 21.7 Å². The van der Waals surface area contributed by atoms with Crippen LogP contribution in [0.25, 0.3) is 11.1 Å². The number of hydrogen-bond acceptors (Lipinski definition) is 2. The fourth-order valence-corrected chi connectivity index (χ4v) is 4.37. The Morgan fingerprint density at radius 3 is 1.97 bits per heavy atom. The van der Waals surface area contributed by atoms with E-state index < -0.39 is 38.5 Å². The molecule has 0 aliphatic carbocycles. The van der Waals surface area contributed by atoms with Crippen LogP contribution < -0.4 is 4.72 Å². The second-order valence-electron chi connectivity index (χ2n) is 6.37. The Kier molecular flexibility index (Phi) is 5.98. The van der Waals surface area contributed by atoms with Gasteiger partial charge in [0, 0.05) is 5.56 Å². The van der Waals surface area contributed by atoms with Gasteiger partial charge in [-0.25, -0.2) is 8.42 Å². The lowest BCUT2D eigenvalue weighted by Gasteiger charge is -2.15. The normalized spacial score (nSPS) is 12.6. The van der Waals surface area contributed by atoms with Crippen molar-refractivity contribution in [2.45, 2.75) is 17.2 Å². The van der Waals surface area contributed by atoms with Crippen molar-refractivity contribution in [1.82, 2.24) is 0 Å². The second-order valence-corrected chi connectivity index (χ2v) is 8.43. The molecule has 0 saturated carbocycles. The molecule has 0 saturated heterocycles. The van der Waals surface area contributed by atoms with Crippen LogP contribution in [0.15, 0.2) is 71.6 Å². The molecule has 0 amide bonds. The Morgan fingerprint density at radius 1 is 0.742 bits per heavy atom. The Bertz CT molecular complexity index is 1220. The largest absolute Gasteiger partial charge is 0.416 e. The van der Waals surface area contributed by atoms with Gasteiger partial charge in [-0.15, -0.1) is 0 Å². The van der Waals surface area contributed by atoms with Crippen molar-refractivity contribution in [3.8, 4) is 11.1 Å². The summed E-state index contributed by atoms with van der Waals surface area (Å²) in [5.74, 6) is 0. The number of rotatable bonds is 4. The predicted octanol–water partition coefficient (Wildman–Crippen LogP) is 6.85. The number of halogens is 7. The van der Waals surface area contributed by atoms with Crippen LogP contribution >= 0.6 is 11.6 Å². The van der Waals surface area contributed by atoms with Crippen molar-refractivity contribution in [2.24, 2.45) is 0 Å². The third-order valence-electron chi connectivity index (χ3n) is 4.22. The number of benzene rings is 3. The van der Waals surface area contributed by atoms with Gasteiger partial charge in [0.1, 0.15) is 0 Å². The lowest BCUT2D eigenvalue weighted by atomic mass is 10.0. The lowest BCUT2D eigenvalue weighted by molar-refractivity contribution is -0.138. The first-order valence-corrected chi connectivity index (χ1v) is 10.3. The fourth-order valence-electron chi connectivity index (χ4n) is 2.78. The third kappa shape index (κ3) is 5.13. The first-order valence-electron chi connectivity index (χ1n) is 8.45. The Morgan fingerprint density at radius 2 is 1.35 bits per heavy atom. The van der Waals surface area contributed by atoms with Gasteiger partial charge in [-0.1, -0.05) is 41.9 Å². The molecule has 0 bridgehead atoms. The van der Waals surface area contributed by atoms with Gasteiger partial charge in [-0.2, -0.15) is 26.3 Å². The van der Waals surface area contributed by atoms with Crippen molar-refractivity contribution in [3.05, 3.63) is 82.9 Å². The summed E-state index contributed by atoms with van der Waals surface area (Å²) in [5, 5.41) is -0.491. The maximum absolute atomic E-state index is 13.0. The molecule has 0 aliphatic heterocycles. The average molecular weight is 480 g/mol. The SMILES string of the molecule is O=S(=O)(Nc1ccc(C(F)(F)F)cc1Cl)c1ccccc1-c1cccc(C(F)(F)F)c1. The second kappa shape index (κ2) is 8.08. The molecule has 1 N–H and O–H groups in total. The molecule has 0 unspecified atom stereocenters. The van der Waals surface area contributed by atoms with E-state index in [1.807, 2.05) is 0 Å². The summed E-state index contributed by atoms with van der Waals surface area (Å²) < 4.78 is 105. The molecule has 0 aliphatic rings. The van der Waals surface area contributed by atoms with Crippen LogP contribution in [0.1, 0.15) is 11.1 Å². The average Bonchev–Trinajstić information content (AvgIpc) is 2.68. The van der Waals surface area contributed by atoms with Gasteiger partial charge >= 0.3 is 12.4 Å². The van der Waals surface area contributed by atoms with Gasteiger partial charge in [0.05, 0.1) is 26.7 Å². The first kappa shape index (κ1) is 23.0. The number of nitrogens with one attached hydrogen (secondary N) is 1. The minimum atomic E-state index is -4.67. The highest BCUT2D eigenvalue weighted by Crippen LogP contribution is 2.37. The zero-order chi connectivity index (χ0) is 23.0. The summed E-state index contributed by atoms with van der Waals surface area (Å²) in [6.07, 6.45) is -9.30. The summed E-state index contributed by atoms with van der Waals surface area (Å²) in [5.41, 5.74) is -2.37. The van der Waals surface area contributed by atoms with Crippen LogP contribution in [0.2, 0.25) is 5.02 Å². The molecule has 0 fully saturated rings. The van der Waals surface area contributed by atoms with Crippen LogP contribution in [0, 0.1) is 0 Å². The van der Waals surface area contributed by atoms with Crippen LogP contribution in [0.4, 0.5) is 32.0 Å². The minimum Gasteiger partial charge on any atom is -0.278 e. The van der Waals surface area contributed by atoms with E-state index in [4.69, 9.17) is 11.6 Å². The van der Waals surface area contributed by atoms with E-state index in [0.717, 1.165) is 30.3 Å². The Balaban J connectivity index is 2.03. The summed E-state index contributed by atoms with van der Waals surface area (Å²) in [4.78, 5) is -0.370. The lowest BCUT2D eigenvalue weighted by Crippen LogP contribution is -2.15.